The monoisotopic (exact) mass is 452 g/mol. The molecule has 7 nitrogen and oxygen atoms in total. The van der Waals surface area contributed by atoms with E-state index in [0.29, 0.717) is 17.6 Å². The van der Waals surface area contributed by atoms with Crippen LogP contribution in [0, 0.1) is 5.41 Å². The van der Waals surface area contributed by atoms with Crippen LogP contribution in [0.25, 0.3) is 33.6 Å². The molecule has 0 atom stereocenters. The van der Waals surface area contributed by atoms with Crippen LogP contribution in [-0.2, 0) is 11.8 Å². The van der Waals surface area contributed by atoms with E-state index in [-0.39, 0.29) is 5.41 Å². The van der Waals surface area contributed by atoms with Crippen LogP contribution in [0.1, 0.15) is 51.0 Å². The fraction of sp³-hybridized carbons (Fsp3) is 0.370. The molecule has 3 heterocycles. The number of rotatable bonds is 4. The summed E-state index contributed by atoms with van der Waals surface area (Å²) >= 11 is 0. The molecule has 2 aliphatic rings. The van der Waals surface area contributed by atoms with Crippen LogP contribution >= 0.6 is 0 Å². The Hall–Kier alpha value is -3.61. The van der Waals surface area contributed by atoms with Crippen LogP contribution in [0.3, 0.4) is 0 Å². The zero-order valence-electron chi connectivity index (χ0n) is 19.4. The SMILES string of the molecule is Cn1cc(-c2cccc(-c3ncc(-c4cnn(C5CCC6(CCC(=O)C6)CC5)c4)cn3)c2)cn1. The van der Waals surface area contributed by atoms with E-state index in [0.717, 1.165) is 72.8 Å². The predicted octanol–water partition coefficient (Wildman–Crippen LogP) is 5.26. The van der Waals surface area contributed by atoms with Gasteiger partial charge in [0.15, 0.2) is 5.82 Å². The maximum atomic E-state index is 11.8. The van der Waals surface area contributed by atoms with Crippen molar-refractivity contribution < 1.29 is 4.79 Å². The second kappa shape index (κ2) is 8.31. The average Bonchev–Trinajstić information content (AvgIpc) is 3.61. The second-order valence-electron chi connectivity index (χ2n) is 9.93. The number of Topliss-reactive ketones (excluding diaryl/α,β-unsaturated/α-hetero) is 1. The van der Waals surface area contributed by atoms with E-state index >= 15 is 0 Å². The average molecular weight is 453 g/mol. The van der Waals surface area contributed by atoms with Gasteiger partial charge in [-0.25, -0.2) is 9.97 Å². The van der Waals surface area contributed by atoms with Gasteiger partial charge < -0.3 is 0 Å². The number of hydrogen-bond acceptors (Lipinski definition) is 5. The van der Waals surface area contributed by atoms with Crippen molar-refractivity contribution in [2.75, 3.05) is 0 Å². The lowest BCUT2D eigenvalue weighted by atomic mass is 9.71. The summed E-state index contributed by atoms with van der Waals surface area (Å²) in [6.07, 6.45) is 18.7. The van der Waals surface area contributed by atoms with Crippen molar-refractivity contribution >= 4 is 5.78 Å². The lowest BCUT2D eigenvalue weighted by Gasteiger charge is -2.36. The summed E-state index contributed by atoms with van der Waals surface area (Å²) in [7, 11) is 1.92. The van der Waals surface area contributed by atoms with Crippen molar-refractivity contribution in [1.82, 2.24) is 29.5 Å². The minimum Gasteiger partial charge on any atom is -0.300 e. The molecule has 0 bridgehead atoms. The van der Waals surface area contributed by atoms with Crippen molar-refractivity contribution in [2.45, 2.75) is 51.0 Å². The number of carbonyl (C=O) groups excluding carboxylic acids is 1. The largest absolute Gasteiger partial charge is 0.300 e. The molecule has 1 spiro atoms. The Labute approximate surface area is 198 Å². The number of hydrogen-bond donors (Lipinski definition) is 0. The van der Waals surface area contributed by atoms with Crippen molar-refractivity contribution in [3.05, 3.63) is 61.4 Å². The molecule has 2 fully saturated rings. The van der Waals surface area contributed by atoms with Crippen LogP contribution in [0.5, 0.6) is 0 Å². The highest BCUT2D eigenvalue weighted by Gasteiger charge is 2.41. The normalized spacial score (nSPS) is 22.5. The molecule has 6 rings (SSSR count). The van der Waals surface area contributed by atoms with Crippen LogP contribution in [0.4, 0.5) is 0 Å². The predicted molar refractivity (Wildman–Crippen MR) is 130 cm³/mol. The molecule has 0 aliphatic heterocycles. The molecule has 172 valence electrons. The number of aryl methyl sites for hydroxylation is 1. The van der Waals surface area contributed by atoms with Gasteiger partial charge >= 0.3 is 0 Å². The van der Waals surface area contributed by atoms with Gasteiger partial charge in [0.1, 0.15) is 5.78 Å². The lowest BCUT2D eigenvalue weighted by Crippen LogP contribution is -2.26. The molecule has 0 saturated heterocycles. The summed E-state index contributed by atoms with van der Waals surface area (Å²) in [5.41, 5.74) is 5.42. The molecule has 0 N–H and O–H groups in total. The van der Waals surface area contributed by atoms with Gasteiger partial charge in [-0.2, -0.15) is 10.2 Å². The van der Waals surface area contributed by atoms with Crippen LogP contribution < -0.4 is 0 Å². The first-order chi connectivity index (χ1) is 16.6. The lowest BCUT2D eigenvalue weighted by molar-refractivity contribution is -0.118. The Balaban J connectivity index is 1.16. The minimum absolute atomic E-state index is 0.279. The maximum absolute atomic E-state index is 11.8. The first kappa shape index (κ1) is 21.0. The van der Waals surface area contributed by atoms with E-state index in [1.807, 2.05) is 50.2 Å². The first-order valence-electron chi connectivity index (χ1n) is 12.0. The van der Waals surface area contributed by atoms with Crippen molar-refractivity contribution in [2.24, 2.45) is 12.5 Å². The molecular weight excluding hydrogens is 424 g/mol. The van der Waals surface area contributed by atoms with Crippen molar-refractivity contribution in [3.8, 4) is 33.6 Å². The summed E-state index contributed by atoms with van der Waals surface area (Å²) in [5, 5.41) is 8.92. The molecule has 2 saturated carbocycles. The van der Waals surface area contributed by atoms with E-state index in [1.54, 1.807) is 4.68 Å². The quantitative estimate of drug-likeness (QED) is 0.422. The Morgan fingerprint density at radius 3 is 2.29 bits per heavy atom. The minimum atomic E-state index is 0.279. The van der Waals surface area contributed by atoms with Gasteiger partial charge in [0.2, 0.25) is 0 Å². The number of ketones is 1. The summed E-state index contributed by atoms with van der Waals surface area (Å²) in [6.45, 7) is 0. The molecule has 0 radical (unpaired) electrons. The smallest absolute Gasteiger partial charge is 0.159 e. The Bertz CT molecular complexity index is 1330. The van der Waals surface area contributed by atoms with E-state index in [4.69, 9.17) is 0 Å². The highest BCUT2D eigenvalue weighted by atomic mass is 16.1. The van der Waals surface area contributed by atoms with E-state index in [1.165, 1.54) is 0 Å². The van der Waals surface area contributed by atoms with Gasteiger partial charge in [-0.1, -0.05) is 18.2 Å². The molecule has 2 aliphatic carbocycles. The fourth-order valence-corrected chi connectivity index (χ4v) is 5.63. The molecule has 0 amide bonds. The molecule has 34 heavy (non-hydrogen) atoms. The standard InChI is InChI=1S/C27H28N6O/c1-32-17-22(15-30-32)19-3-2-4-20(11-19)26-28-13-21(14-29-26)23-16-31-33(18-23)24-5-8-27(9-6-24)10-7-25(34)12-27/h2-4,11,13-18,24H,5-10,12H2,1H3. The van der Waals surface area contributed by atoms with E-state index in [9.17, 15) is 4.79 Å². The molecule has 0 unspecified atom stereocenters. The summed E-state index contributed by atoms with van der Waals surface area (Å²) in [6, 6.07) is 8.62. The van der Waals surface area contributed by atoms with E-state index < -0.39 is 0 Å². The number of benzene rings is 1. The van der Waals surface area contributed by atoms with E-state index in [2.05, 4.69) is 43.2 Å². The molecular formula is C27H28N6O. The van der Waals surface area contributed by atoms with Crippen LogP contribution in [0.15, 0.2) is 61.4 Å². The summed E-state index contributed by atoms with van der Waals surface area (Å²) in [4.78, 5) is 21.1. The Kier molecular flexibility index (Phi) is 5.12. The first-order valence-corrected chi connectivity index (χ1v) is 12.0. The number of carbonyl (C=O) groups is 1. The zero-order valence-corrected chi connectivity index (χ0v) is 19.4. The Morgan fingerprint density at radius 1 is 0.853 bits per heavy atom. The maximum Gasteiger partial charge on any atom is 0.159 e. The third-order valence-electron chi connectivity index (χ3n) is 7.64. The topological polar surface area (TPSA) is 78.5 Å². The van der Waals surface area contributed by atoms with Gasteiger partial charge in [-0.15, -0.1) is 0 Å². The molecule has 3 aromatic heterocycles. The summed E-state index contributed by atoms with van der Waals surface area (Å²) < 4.78 is 3.90. The van der Waals surface area contributed by atoms with Gasteiger partial charge in [0, 0.05) is 66.9 Å². The molecule has 4 aromatic rings. The highest BCUT2D eigenvalue weighted by Crippen LogP contribution is 2.50. The van der Waals surface area contributed by atoms with Gasteiger partial charge in [0.05, 0.1) is 18.4 Å². The van der Waals surface area contributed by atoms with Gasteiger partial charge in [-0.3, -0.25) is 14.2 Å². The van der Waals surface area contributed by atoms with Crippen LogP contribution in [0.2, 0.25) is 0 Å². The van der Waals surface area contributed by atoms with Crippen molar-refractivity contribution in [3.63, 3.8) is 0 Å². The third kappa shape index (κ3) is 3.95. The Morgan fingerprint density at radius 2 is 1.59 bits per heavy atom. The van der Waals surface area contributed by atoms with Gasteiger partial charge in [-0.05, 0) is 49.1 Å². The molecule has 1 aromatic carbocycles. The number of nitrogens with zero attached hydrogens (tertiary/aromatic N) is 6. The second-order valence-corrected chi connectivity index (χ2v) is 9.93. The summed E-state index contributed by atoms with van der Waals surface area (Å²) in [5.74, 6) is 1.15. The van der Waals surface area contributed by atoms with Crippen molar-refractivity contribution in [1.29, 1.82) is 0 Å². The zero-order chi connectivity index (χ0) is 23.1. The van der Waals surface area contributed by atoms with Crippen LogP contribution in [-0.4, -0.2) is 35.3 Å². The fourth-order valence-electron chi connectivity index (χ4n) is 5.63. The van der Waals surface area contributed by atoms with Gasteiger partial charge in [0.25, 0.3) is 0 Å². The molecule has 7 heteroatoms. The number of aromatic nitrogens is 6. The third-order valence-corrected chi connectivity index (χ3v) is 7.64. The highest BCUT2D eigenvalue weighted by molar-refractivity contribution is 5.81.